The van der Waals surface area contributed by atoms with Crippen LogP contribution in [0.1, 0.15) is 27.0 Å². The van der Waals surface area contributed by atoms with Crippen LogP contribution < -0.4 is 0 Å². The Balaban J connectivity index is 1.83. The van der Waals surface area contributed by atoms with Gasteiger partial charge in [0.2, 0.25) is 5.91 Å². The predicted molar refractivity (Wildman–Crippen MR) is 99.9 cm³/mol. The molecule has 2 aromatic carbocycles. The number of carbonyl (C=O) groups is 2. The molecule has 1 heterocycles. The molecule has 0 saturated heterocycles. The zero-order chi connectivity index (χ0) is 17.3. The van der Waals surface area contributed by atoms with Gasteiger partial charge in [0, 0.05) is 23.0 Å². The zero-order valence-corrected chi connectivity index (χ0v) is 15.1. The van der Waals surface area contributed by atoms with E-state index in [4.69, 9.17) is 0 Å². The van der Waals surface area contributed by atoms with Crippen LogP contribution in [0.3, 0.4) is 0 Å². The first kappa shape index (κ1) is 14.8. The molecule has 0 bridgehead atoms. The van der Waals surface area contributed by atoms with Crippen LogP contribution in [0.5, 0.6) is 0 Å². The molecular formula is C21H14BrNO2. The van der Waals surface area contributed by atoms with Crippen LogP contribution in [0.4, 0.5) is 0 Å². The predicted octanol–water partition coefficient (Wildman–Crippen LogP) is 4.04. The average molecular weight is 392 g/mol. The molecule has 0 aromatic heterocycles. The summed E-state index contributed by atoms with van der Waals surface area (Å²) in [6.07, 6.45) is 6.25. The molecule has 122 valence electrons. The SMILES string of the molecule is CN1C(=O)c2cccc3c2[C@@]2(C1=O)C(c1ccc(Br)cc1)=C[C@H]2C=C3. The average Bonchev–Trinajstić information content (AvgIpc) is 2.60. The largest absolute Gasteiger partial charge is 0.281 e. The highest BCUT2D eigenvalue weighted by molar-refractivity contribution is 9.10. The molecule has 2 atom stereocenters. The van der Waals surface area contributed by atoms with E-state index in [0.29, 0.717) is 5.56 Å². The van der Waals surface area contributed by atoms with Crippen LogP contribution in [0.2, 0.25) is 0 Å². The number of hydrogen-bond donors (Lipinski definition) is 0. The van der Waals surface area contributed by atoms with Crippen LogP contribution in [-0.4, -0.2) is 23.8 Å². The first-order chi connectivity index (χ1) is 12.0. The summed E-state index contributed by atoms with van der Waals surface area (Å²) in [4.78, 5) is 27.3. The van der Waals surface area contributed by atoms with E-state index in [1.54, 1.807) is 7.05 Å². The van der Waals surface area contributed by atoms with E-state index in [1.807, 2.05) is 48.5 Å². The molecule has 0 N–H and O–H groups in total. The fraction of sp³-hybridized carbons (Fsp3) is 0.143. The van der Waals surface area contributed by atoms with E-state index >= 15 is 0 Å². The highest BCUT2D eigenvalue weighted by atomic mass is 79.9. The highest BCUT2D eigenvalue weighted by Gasteiger charge is 2.61. The third-order valence-corrected chi connectivity index (χ3v) is 6.11. The second-order valence-electron chi connectivity index (χ2n) is 6.72. The van der Waals surface area contributed by atoms with Crippen molar-refractivity contribution in [1.82, 2.24) is 4.90 Å². The number of rotatable bonds is 1. The normalized spacial score (nSPS) is 25.9. The standard InChI is InChI=1S/C21H14BrNO2/c1-23-19(24)16-4-2-3-13-5-8-14-11-17(12-6-9-15(22)10-7-12)21(14,18(13)16)20(23)25/h2-11,14H,1H3/t14-,21+/m1/s1. The maximum Gasteiger partial charge on any atom is 0.260 e. The molecule has 25 heavy (non-hydrogen) atoms. The lowest BCUT2D eigenvalue weighted by Gasteiger charge is -2.53. The molecule has 1 aliphatic heterocycles. The lowest BCUT2D eigenvalue weighted by molar-refractivity contribution is -0.133. The van der Waals surface area contributed by atoms with Crippen molar-refractivity contribution in [3.63, 3.8) is 0 Å². The van der Waals surface area contributed by atoms with Gasteiger partial charge in [0.15, 0.2) is 0 Å². The number of likely N-dealkylation sites (N-methyl/N-ethyl adjacent to an activating group) is 1. The summed E-state index contributed by atoms with van der Waals surface area (Å²) in [6.45, 7) is 0. The molecule has 3 nitrogen and oxygen atoms in total. The Morgan fingerprint density at radius 1 is 1.08 bits per heavy atom. The lowest BCUT2D eigenvalue weighted by atomic mass is 9.50. The molecule has 0 unspecified atom stereocenters. The van der Waals surface area contributed by atoms with E-state index in [2.05, 4.69) is 28.1 Å². The van der Waals surface area contributed by atoms with Gasteiger partial charge in [-0.3, -0.25) is 14.5 Å². The summed E-state index contributed by atoms with van der Waals surface area (Å²) in [5, 5.41) is 0. The molecule has 2 aromatic rings. The van der Waals surface area contributed by atoms with Gasteiger partial charge >= 0.3 is 0 Å². The van der Waals surface area contributed by atoms with Gasteiger partial charge in [-0.1, -0.05) is 58.4 Å². The molecule has 1 spiro atoms. The van der Waals surface area contributed by atoms with Gasteiger partial charge in [-0.2, -0.15) is 0 Å². The Hall–Kier alpha value is -2.46. The van der Waals surface area contributed by atoms with Crippen LogP contribution >= 0.6 is 15.9 Å². The van der Waals surface area contributed by atoms with Crippen LogP contribution in [0.15, 0.2) is 59.1 Å². The molecule has 0 saturated carbocycles. The van der Waals surface area contributed by atoms with E-state index < -0.39 is 5.41 Å². The van der Waals surface area contributed by atoms with Gasteiger partial charge in [0.25, 0.3) is 5.91 Å². The Kier molecular flexibility index (Phi) is 2.85. The molecule has 3 aliphatic rings. The minimum atomic E-state index is -0.781. The van der Waals surface area contributed by atoms with Crippen molar-refractivity contribution in [2.24, 2.45) is 5.92 Å². The summed E-state index contributed by atoms with van der Waals surface area (Å²) in [7, 11) is 1.59. The first-order valence-electron chi connectivity index (χ1n) is 8.17. The third kappa shape index (κ3) is 1.65. The molecular weight excluding hydrogens is 378 g/mol. The molecule has 4 heteroatoms. The number of halogens is 1. The van der Waals surface area contributed by atoms with Gasteiger partial charge < -0.3 is 0 Å². The Labute approximate surface area is 153 Å². The van der Waals surface area contributed by atoms with Crippen molar-refractivity contribution in [2.45, 2.75) is 5.41 Å². The van der Waals surface area contributed by atoms with Crippen molar-refractivity contribution in [3.8, 4) is 0 Å². The van der Waals surface area contributed by atoms with Crippen LogP contribution in [0, 0.1) is 5.92 Å². The second-order valence-corrected chi connectivity index (χ2v) is 7.63. The van der Waals surface area contributed by atoms with Crippen LogP contribution in [-0.2, 0) is 10.2 Å². The monoisotopic (exact) mass is 391 g/mol. The topological polar surface area (TPSA) is 37.4 Å². The van der Waals surface area contributed by atoms with Gasteiger partial charge in [-0.15, -0.1) is 0 Å². The molecule has 2 amide bonds. The van der Waals surface area contributed by atoms with Gasteiger partial charge in [-0.25, -0.2) is 0 Å². The third-order valence-electron chi connectivity index (χ3n) is 5.58. The Bertz CT molecular complexity index is 1020. The number of nitrogens with zero attached hydrogens (tertiary/aromatic N) is 1. The fourth-order valence-corrected chi connectivity index (χ4v) is 4.68. The van der Waals surface area contributed by atoms with E-state index in [9.17, 15) is 9.59 Å². The summed E-state index contributed by atoms with van der Waals surface area (Å²) >= 11 is 3.46. The van der Waals surface area contributed by atoms with Crippen molar-refractivity contribution in [1.29, 1.82) is 0 Å². The van der Waals surface area contributed by atoms with Crippen LogP contribution in [0.25, 0.3) is 11.6 Å². The molecule has 0 radical (unpaired) electrons. The molecule has 2 aliphatic carbocycles. The Morgan fingerprint density at radius 2 is 1.84 bits per heavy atom. The number of carbonyl (C=O) groups excluding carboxylic acids is 2. The van der Waals surface area contributed by atoms with Crippen molar-refractivity contribution in [3.05, 3.63) is 81.3 Å². The maximum absolute atomic E-state index is 13.4. The minimum Gasteiger partial charge on any atom is -0.281 e. The lowest BCUT2D eigenvalue weighted by Crippen LogP contribution is -2.60. The van der Waals surface area contributed by atoms with Crippen molar-refractivity contribution >= 4 is 39.4 Å². The molecule has 0 fully saturated rings. The fourth-order valence-electron chi connectivity index (χ4n) is 4.41. The smallest absolute Gasteiger partial charge is 0.260 e. The second kappa shape index (κ2) is 4.79. The van der Waals surface area contributed by atoms with Gasteiger partial charge in [0.05, 0.1) is 0 Å². The summed E-state index contributed by atoms with van der Waals surface area (Å²) in [6, 6.07) is 13.7. The van der Waals surface area contributed by atoms with Gasteiger partial charge in [0.1, 0.15) is 5.41 Å². The zero-order valence-electron chi connectivity index (χ0n) is 13.5. The maximum atomic E-state index is 13.4. The number of imide groups is 1. The Morgan fingerprint density at radius 3 is 2.60 bits per heavy atom. The quantitative estimate of drug-likeness (QED) is 0.687. The van der Waals surface area contributed by atoms with Gasteiger partial charge in [-0.05, 0) is 40.5 Å². The number of amides is 2. The molecule has 5 rings (SSSR count). The minimum absolute atomic E-state index is 0.0113. The summed E-state index contributed by atoms with van der Waals surface area (Å²) in [5.74, 6) is -0.362. The van der Waals surface area contributed by atoms with Crippen molar-refractivity contribution < 1.29 is 9.59 Å². The summed E-state index contributed by atoms with van der Waals surface area (Å²) < 4.78 is 0.997. The first-order valence-corrected chi connectivity index (χ1v) is 8.97. The highest BCUT2D eigenvalue weighted by Crippen LogP contribution is 2.60. The number of allylic oxidation sites excluding steroid dienone is 2. The van der Waals surface area contributed by atoms with Crippen molar-refractivity contribution in [2.75, 3.05) is 7.05 Å². The van der Waals surface area contributed by atoms with E-state index in [-0.39, 0.29) is 17.7 Å². The number of benzene rings is 2. The van der Waals surface area contributed by atoms with E-state index in [0.717, 1.165) is 26.7 Å². The number of hydrogen-bond acceptors (Lipinski definition) is 2. The summed E-state index contributed by atoms with van der Waals surface area (Å²) in [5.41, 5.74) is 3.70. The van der Waals surface area contributed by atoms with E-state index in [1.165, 1.54) is 4.90 Å².